The Labute approximate surface area is 424 Å². The molecule has 0 aromatic carbocycles. The Kier molecular flexibility index (Phi) is 115. The number of primary amides is 2. The maximum absolute atomic E-state index is 9.00. The summed E-state index contributed by atoms with van der Waals surface area (Å²) in [6, 6.07) is -0.833. The van der Waals surface area contributed by atoms with Crippen molar-refractivity contribution in [2.45, 2.75) is 10.5 Å². The van der Waals surface area contributed by atoms with E-state index in [0.717, 1.165) is 69.0 Å². The van der Waals surface area contributed by atoms with E-state index in [4.69, 9.17) is 76.1 Å². The second-order valence-corrected chi connectivity index (χ2v) is 15.9. The van der Waals surface area contributed by atoms with E-state index >= 15 is 0 Å². The van der Waals surface area contributed by atoms with Crippen LogP contribution in [0.15, 0.2) is 0 Å². The van der Waals surface area contributed by atoms with Crippen molar-refractivity contribution in [1.29, 1.82) is 10.8 Å². The topological polar surface area (TPSA) is 250 Å². The summed E-state index contributed by atoms with van der Waals surface area (Å²) in [7, 11) is 0. The minimum atomic E-state index is -0.833. The van der Waals surface area contributed by atoms with Crippen molar-refractivity contribution in [3.63, 3.8) is 0 Å². The fourth-order valence-corrected chi connectivity index (χ4v) is 9.58. The minimum absolute atomic E-state index is 0. The summed E-state index contributed by atoms with van der Waals surface area (Å²) in [5.41, 5.74) is 24.6. The van der Waals surface area contributed by atoms with Gasteiger partial charge in [-0.05, 0) is 28.5 Å². The third-order valence-electron chi connectivity index (χ3n) is 3.07. The summed E-state index contributed by atoms with van der Waals surface area (Å²) in [4.78, 5) is 9.00. The van der Waals surface area contributed by atoms with E-state index in [0.29, 0.717) is 15.7 Å². The first-order chi connectivity index (χ1) is 17.5. The summed E-state index contributed by atoms with van der Waals surface area (Å²) in [5.74, 6) is 11.3. The summed E-state index contributed by atoms with van der Waals surface area (Å²) in [6.07, 6.45) is 0. The average molecular weight is 921 g/mol. The summed E-state index contributed by atoms with van der Waals surface area (Å²) in [5, 5.41) is 21.6. The van der Waals surface area contributed by atoms with E-state index in [1.165, 1.54) is 35.3 Å². The molecule has 0 radical (unpaired) electrons. The SMILES string of the molecule is N=C(N)SCCSCC(CSC(=N)N)SCCSC(N)=[NH2+].NC(N)=O.[Cl-].[Cl-].[Cl-].[Na+].[Na+].[Na+].[Na+].[OH-].[S-]CCSCC(C[S-])SCC[S-]. The van der Waals surface area contributed by atoms with E-state index in [9.17, 15) is 0 Å². The number of carbonyl (C=O) groups excluding carboxylic acids is 1. The molecule has 0 aliphatic rings. The van der Waals surface area contributed by atoms with Gasteiger partial charge in [-0.3, -0.25) is 22.0 Å². The zero-order chi connectivity index (χ0) is 28.9. The number of amidine groups is 3. The van der Waals surface area contributed by atoms with Crippen LogP contribution in [0.25, 0.3) is 0 Å². The molecular formula is C18H41Cl3N8Na4O2S10-2. The van der Waals surface area contributed by atoms with Crippen LogP contribution in [0.1, 0.15) is 0 Å². The number of halogens is 3. The number of rotatable bonds is 19. The van der Waals surface area contributed by atoms with Gasteiger partial charge in [-0.2, -0.15) is 64.3 Å². The third-order valence-corrected chi connectivity index (χ3v) is 12.9. The molecule has 0 rings (SSSR count). The van der Waals surface area contributed by atoms with Crippen LogP contribution in [-0.2, 0) is 37.9 Å². The molecule has 0 aromatic heterocycles. The Balaban J connectivity index is -0.0000000468. The van der Waals surface area contributed by atoms with Gasteiger partial charge in [0.25, 0.3) is 5.17 Å². The smallest absolute Gasteiger partial charge is 1.00 e. The summed E-state index contributed by atoms with van der Waals surface area (Å²) < 4.78 is 0. The standard InChI is InChI=1S/C10H22N6S5.C7H16S5.CH4N2O.3ClH.4Na.H2O/c11-8(12)19-2-1-17-5-7(6-21-10(15)16)18-3-4-20-9(13)14;8-1-3-11-6-7(5-10)12-4-2-9;2-1(3)4;;;;;;;;/h7H,1-6H2,(H3,11,12)(H3,13,14)(H3,15,16);7-10H,1-6H2;(H4,2,3,4);3*1H;;;;;1H2/q;;;;;;4*+1;/p-6. The summed E-state index contributed by atoms with van der Waals surface area (Å²) in [6.45, 7) is 0. The quantitative estimate of drug-likeness (QED) is 0.0197. The van der Waals surface area contributed by atoms with Gasteiger partial charge < -0.3 is 104 Å². The van der Waals surface area contributed by atoms with E-state index in [2.05, 4.69) is 11.5 Å². The molecule has 0 bridgehead atoms. The monoisotopic (exact) mass is 918 g/mol. The van der Waals surface area contributed by atoms with Crippen LogP contribution in [-0.4, -0.2) is 107 Å². The molecular weight excluding hydrogens is 879 g/mol. The van der Waals surface area contributed by atoms with Crippen molar-refractivity contribution in [3.05, 3.63) is 0 Å². The second-order valence-electron chi connectivity index (χ2n) is 6.25. The van der Waals surface area contributed by atoms with Crippen LogP contribution in [0.2, 0.25) is 0 Å². The fourth-order valence-electron chi connectivity index (χ4n) is 1.76. The molecule has 45 heavy (non-hydrogen) atoms. The van der Waals surface area contributed by atoms with Gasteiger partial charge in [0, 0.05) is 45.5 Å². The fraction of sp³-hybridized carbons (Fsp3) is 0.778. The van der Waals surface area contributed by atoms with Gasteiger partial charge in [-0.15, -0.1) is 0 Å². The average Bonchev–Trinajstić information content (AvgIpc) is 2.81. The van der Waals surface area contributed by atoms with E-state index in [1.54, 1.807) is 0 Å². The number of hydrogen-bond donors (Lipinski definition) is 8. The van der Waals surface area contributed by atoms with E-state index in [-0.39, 0.29) is 171 Å². The van der Waals surface area contributed by atoms with Gasteiger partial charge in [-0.25, -0.2) is 4.79 Å². The number of amides is 2. The number of nitrogens with one attached hydrogen (secondary N) is 2. The first-order valence-corrected chi connectivity index (χ1v) is 19.7. The number of carbonyl (C=O) groups is 1. The van der Waals surface area contributed by atoms with Gasteiger partial charge in [0.05, 0.1) is 0 Å². The Morgan fingerprint density at radius 1 is 0.622 bits per heavy atom. The predicted molar refractivity (Wildman–Crippen MR) is 192 cm³/mol. The van der Waals surface area contributed by atoms with Crippen molar-refractivity contribution in [2.24, 2.45) is 28.7 Å². The molecule has 0 fully saturated rings. The maximum Gasteiger partial charge on any atom is 1.00 e. The molecule has 0 aromatic rings. The summed E-state index contributed by atoms with van der Waals surface area (Å²) >= 11 is 26.5. The van der Waals surface area contributed by atoms with Gasteiger partial charge >= 0.3 is 124 Å². The van der Waals surface area contributed by atoms with Crippen molar-refractivity contribution in [1.82, 2.24) is 0 Å². The molecule has 15 N–H and O–H groups in total. The van der Waals surface area contributed by atoms with Crippen LogP contribution in [0.4, 0.5) is 4.79 Å². The normalized spacial score (nSPS) is 9.67. The molecule has 2 atom stereocenters. The van der Waals surface area contributed by atoms with Crippen LogP contribution in [0.3, 0.4) is 0 Å². The molecule has 0 saturated heterocycles. The van der Waals surface area contributed by atoms with Crippen LogP contribution in [0, 0.1) is 10.8 Å². The Morgan fingerprint density at radius 2 is 1.02 bits per heavy atom. The largest absolute Gasteiger partial charge is 1.00 e. The first kappa shape index (κ1) is 79.7. The second kappa shape index (κ2) is 64.9. The van der Waals surface area contributed by atoms with Crippen LogP contribution in [0.5, 0.6) is 0 Å². The molecule has 10 nitrogen and oxygen atoms in total. The molecule has 2 unspecified atom stereocenters. The van der Waals surface area contributed by atoms with Crippen LogP contribution < -0.4 is 190 Å². The van der Waals surface area contributed by atoms with E-state index in [1.807, 2.05) is 47.0 Å². The Bertz CT molecular complexity index is 630. The zero-order valence-corrected chi connectivity index (χ0v) is 44.6. The molecule has 252 valence electrons. The molecule has 0 aliphatic carbocycles. The van der Waals surface area contributed by atoms with Crippen LogP contribution >= 0.6 is 82.3 Å². The number of thioether (sulfide) groups is 7. The molecule has 0 saturated carbocycles. The van der Waals surface area contributed by atoms with Gasteiger partial charge in [-0.1, -0.05) is 23.5 Å². The Morgan fingerprint density at radius 3 is 1.42 bits per heavy atom. The minimum Gasteiger partial charge on any atom is -1.00 e. The van der Waals surface area contributed by atoms with Crippen molar-refractivity contribution < 1.29 is 171 Å². The zero-order valence-electron chi connectivity index (χ0n) is 26.2. The van der Waals surface area contributed by atoms with Gasteiger partial charge in [0.2, 0.25) is 0 Å². The number of nitrogens with two attached hydrogens (primary N) is 6. The molecule has 27 heteroatoms. The maximum atomic E-state index is 9.00. The molecule has 0 spiro atoms. The van der Waals surface area contributed by atoms with Crippen molar-refractivity contribution >= 4 is 142 Å². The van der Waals surface area contributed by atoms with Crippen molar-refractivity contribution in [2.75, 3.05) is 69.0 Å². The number of hydrogen-bond acceptors (Lipinski definition) is 14. The Hall–Kier alpha value is 6.01. The first-order valence-electron chi connectivity index (χ1n) is 10.6. The molecule has 2 amide bonds. The third kappa shape index (κ3) is 84.2. The van der Waals surface area contributed by atoms with Gasteiger partial charge in [0.1, 0.15) is 0 Å². The van der Waals surface area contributed by atoms with E-state index < -0.39 is 6.03 Å². The molecule has 0 heterocycles. The van der Waals surface area contributed by atoms with Crippen molar-refractivity contribution in [3.8, 4) is 0 Å². The predicted octanol–water partition coefficient (Wildman–Crippen LogP) is -20.8. The number of urea groups is 1. The molecule has 0 aliphatic heterocycles. The van der Waals surface area contributed by atoms with Gasteiger partial charge in [0.15, 0.2) is 10.3 Å².